The number of fused-ring (bicyclic) bond motifs is 1. The van der Waals surface area contributed by atoms with Crippen LogP contribution in [-0.2, 0) is 19.5 Å². The first-order valence-corrected chi connectivity index (χ1v) is 7.06. The summed E-state index contributed by atoms with van der Waals surface area (Å²) in [6.45, 7) is 4.25. The average Bonchev–Trinajstić information content (AvgIpc) is 2.49. The minimum atomic E-state index is -0.0182. The minimum absolute atomic E-state index is 0.0182. The Labute approximate surface area is 123 Å². The molecule has 4 nitrogen and oxygen atoms in total. The van der Waals surface area contributed by atoms with E-state index in [1.807, 2.05) is 19.1 Å². The van der Waals surface area contributed by atoms with E-state index in [9.17, 15) is 4.79 Å². The smallest absolute Gasteiger partial charge is 0.255 e. The van der Waals surface area contributed by atoms with Gasteiger partial charge in [-0.15, -0.1) is 5.92 Å². The third-order valence-corrected chi connectivity index (χ3v) is 3.69. The van der Waals surface area contributed by atoms with Gasteiger partial charge < -0.3 is 4.98 Å². The highest BCUT2D eigenvalue weighted by Gasteiger charge is 2.19. The van der Waals surface area contributed by atoms with Crippen LogP contribution in [0.1, 0.15) is 29.3 Å². The second-order valence-electron chi connectivity index (χ2n) is 5.19. The highest BCUT2D eigenvalue weighted by Crippen LogP contribution is 2.16. The first-order chi connectivity index (χ1) is 10.3. The van der Waals surface area contributed by atoms with Crippen LogP contribution in [0.15, 0.2) is 35.4 Å². The van der Waals surface area contributed by atoms with Crippen LogP contribution in [0, 0.1) is 11.8 Å². The van der Waals surface area contributed by atoms with Gasteiger partial charge in [0, 0.05) is 31.6 Å². The lowest BCUT2D eigenvalue weighted by atomic mass is 10.1. The molecule has 0 fully saturated rings. The second kappa shape index (κ2) is 5.94. The maximum Gasteiger partial charge on any atom is 0.255 e. The monoisotopic (exact) mass is 279 g/mol. The molecule has 0 amide bonds. The van der Waals surface area contributed by atoms with Gasteiger partial charge in [0.2, 0.25) is 0 Å². The first-order valence-electron chi connectivity index (χ1n) is 7.06. The van der Waals surface area contributed by atoms with Gasteiger partial charge in [0.15, 0.2) is 0 Å². The van der Waals surface area contributed by atoms with Crippen molar-refractivity contribution in [3.05, 3.63) is 63.3 Å². The fraction of sp³-hybridized carbons (Fsp3) is 0.294. The third-order valence-electron chi connectivity index (χ3n) is 3.69. The number of rotatable bonds is 2. The van der Waals surface area contributed by atoms with Gasteiger partial charge in [-0.2, -0.15) is 0 Å². The lowest BCUT2D eigenvalue weighted by molar-refractivity contribution is 0.241. The molecule has 0 spiro atoms. The molecule has 106 valence electrons. The van der Waals surface area contributed by atoms with Crippen LogP contribution in [0.25, 0.3) is 0 Å². The summed E-state index contributed by atoms with van der Waals surface area (Å²) in [6.07, 6.45) is 2.32. The standard InChI is InChI=1S/C17H17N3O/c1-2-4-13-5-3-6-14(9-13)10-20-8-7-16-15(11-20)17(21)19-12-18-16/h3,5-6,9,12H,7-8,10-11H2,1H3,(H,18,19,21). The summed E-state index contributed by atoms with van der Waals surface area (Å²) in [6, 6.07) is 8.25. The van der Waals surface area contributed by atoms with Gasteiger partial charge in [0.1, 0.15) is 0 Å². The van der Waals surface area contributed by atoms with Crippen molar-refractivity contribution in [2.24, 2.45) is 0 Å². The Hall–Kier alpha value is -2.38. The highest BCUT2D eigenvalue weighted by molar-refractivity contribution is 5.36. The summed E-state index contributed by atoms with van der Waals surface area (Å²) in [5.74, 6) is 5.99. The highest BCUT2D eigenvalue weighted by atomic mass is 16.1. The molecule has 0 atom stereocenters. The van der Waals surface area contributed by atoms with Crippen LogP contribution < -0.4 is 5.56 Å². The Morgan fingerprint density at radius 2 is 2.33 bits per heavy atom. The molecule has 1 aromatic carbocycles. The van der Waals surface area contributed by atoms with Crippen LogP contribution in [0.4, 0.5) is 0 Å². The van der Waals surface area contributed by atoms with E-state index in [4.69, 9.17) is 0 Å². The van der Waals surface area contributed by atoms with Crippen LogP contribution in [0.3, 0.4) is 0 Å². The van der Waals surface area contributed by atoms with Crippen molar-refractivity contribution in [1.82, 2.24) is 14.9 Å². The number of nitrogens with one attached hydrogen (secondary N) is 1. The maximum absolute atomic E-state index is 11.9. The van der Waals surface area contributed by atoms with Crippen molar-refractivity contribution in [2.75, 3.05) is 6.54 Å². The zero-order chi connectivity index (χ0) is 14.7. The molecule has 1 N–H and O–H groups in total. The summed E-state index contributed by atoms with van der Waals surface area (Å²) < 4.78 is 0. The van der Waals surface area contributed by atoms with E-state index < -0.39 is 0 Å². The number of benzene rings is 1. The molecular formula is C17H17N3O. The topological polar surface area (TPSA) is 49.0 Å². The normalized spacial score (nSPS) is 14.1. The molecule has 1 aliphatic heterocycles. The third kappa shape index (κ3) is 3.04. The van der Waals surface area contributed by atoms with Crippen LogP contribution in [-0.4, -0.2) is 21.4 Å². The Morgan fingerprint density at radius 3 is 3.19 bits per heavy atom. The van der Waals surface area contributed by atoms with Gasteiger partial charge in [0.25, 0.3) is 5.56 Å². The van der Waals surface area contributed by atoms with E-state index in [1.165, 1.54) is 11.9 Å². The molecule has 0 saturated carbocycles. The van der Waals surface area contributed by atoms with Crippen molar-refractivity contribution < 1.29 is 0 Å². The number of aromatic nitrogens is 2. The number of aromatic amines is 1. The van der Waals surface area contributed by atoms with Crippen molar-refractivity contribution in [2.45, 2.75) is 26.4 Å². The average molecular weight is 279 g/mol. The zero-order valence-electron chi connectivity index (χ0n) is 12.0. The van der Waals surface area contributed by atoms with Gasteiger partial charge in [-0.25, -0.2) is 4.98 Å². The number of nitrogens with zero attached hydrogens (tertiary/aromatic N) is 2. The van der Waals surface area contributed by atoms with Gasteiger partial charge >= 0.3 is 0 Å². The fourth-order valence-corrected chi connectivity index (χ4v) is 2.70. The summed E-state index contributed by atoms with van der Waals surface area (Å²) in [5, 5.41) is 0. The largest absolute Gasteiger partial charge is 0.313 e. The van der Waals surface area contributed by atoms with E-state index >= 15 is 0 Å². The summed E-state index contributed by atoms with van der Waals surface area (Å²) >= 11 is 0. The number of H-pyrrole nitrogens is 1. The van der Waals surface area contributed by atoms with E-state index in [0.29, 0.717) is 6.54 Å². The van der Waals surface area contributed by atoms with E-state index in [2.05, 4.69) is 38.8 Å². The molecule has 2 aromatic rings. The zero-order valence-corrected chi connectivity index (χ0v) is 12.0. The molecule has 0 saturated heterocycles. The molecule has 4 heteroatoms. The molecule has 0 radical (unpaired) electrons. The Bertz CT molecular complexity index is 767. The molecule has 0 aliphatic carbocycles. The van der Waals surface area contributed by atoms with E-state index in [0.717, 1.165) is 36.3 Å². The predicted octanol–water partition coefficient (Wildman–Crippen LogP) is 1.70. The second-order valence-corrected chi connectivity index (χ2v) is 5.19. The number of hydrogen-bond acceptors (Lipinski definition) is 3. The molecule has 0 bridgehead atoms. The first kappa shape index (κ1) is 13.6. The van der Waals surface area contributed by atoms with Crippen molar-refractivity contribution in [3.8, 4) is 11.8 Å². The van der Waals surface area contributed by atoms with Gasteiger partial charge in [-0.05, 0) is 24.6 Å². The van der Waals surface area contributed by atoms with Crippen LogP contribution >= 0.6 is 0 Å². The number of hydrogen-bond donors (Lipinski definition) is 1. The quantitative estimate of drug-likeness (QED) is 0.851. The molecule has 1 aromatic heterocycles. The van der Waals surface area contributed by atoms with E-state index in [-0.39, 0.29) is 5.56 Å². The summed E-state index contributed by atoms with van der Waals surface area (Å²) in [4.78, 5) is 21.1. The van der Waals surface area contributed by atoms with Crippen LogP contribution in [0.2, 0.25) is 0 Å². The summed E-state index contributed by atoms with van der Waals surface area (Å²) in [7, 11) is 0. The van der Waals surface area contributed by atoms with Crippen molar-refractivity contribution in [3.63, 3.8) is 0 Å². The van der Waals surface area contributed by atoms with Gasteiger partial charge in [-0.3, -0.25) is 9.69 Å². The molecule has 0 unspecified atom stereocenters. The lowest BCUT2D eigenvalue weighted by Gasteiger charge is -2.27. The van der Waals surface area contributed by atoms with E-state index in [1.54, 1.807) is 0 Å². The van der Waals surface area contributed by atoms with Crippen molar-refractivity contribution in [1.29, 1.82) is 0 Å². The Morgan fingerprint density at radius 1 is 1.43 bits per heavy atom. The summed E-state index contributed by atoms with van der Waals surface area (Å²) in [5.41, 5.74) is 3.97. The lowest BCUT2D eigenvalue weighted by Crippen LogP contribution is -2.35. The molecule has 1 aliphatic rings. The van der Waals surface area contributed by atoms with Crippen LogP contribution in [0.5, 0.6) is 0 Å². The molecule has 3 rings (SSSR count). The SMILES string of the molecule is CC#Cc1cccc(CN2CCc3nc[nH]c(=O)c3C2)c1. The minimum Gasteiger partial charge on any atom is -0.313 e. The maximum atomic E-state index is 11.9. The Balaban J connectivity index is 1.78. The molecular weight excluding hydrogens is 262 g/mol. The molecule has 21 heavy (non-hydrogen) atoms. The fourth-order valence-electron chi connectivity index (χ4n) is 2.70. The molecule has 2 heterocycles. The predicted molar refractivity (Wildman–Crippen MR) is 81.7 cm³/mol. The van der Waals surface area contributed by atoms with Crippen molar-refractivity contribution >= 4 is 0 Å². The Kier molecular flexibility index (Phi) is 3.85. The van der Waals surface area contributed by atoms with Gasteiger partial charge in [-0.1, -0.05) is 18.1 Å². The van der Waals surface area contributed by atoms with Gasteiger partial charge in [0.05, 0.1) is 17.6 Å².